The molecule has 1 aliphatic rings. The van der Waals surface area contributed by atoms with Crippen molar-refractivity contribution in [3.05, 3.63) is 35.6 Å². The van der Waals surface area contributed by atoms with Gasteiger partial charge in [0, 0.05) is 11.6 Å². The molecule has 2 N–H and O–H groups in total. The molecular weight excluding hydrogens is 263 g/mol. The van der Waals surface area contributed by atoms with Crippen LogP contribution in [0.25, 0.3) is 0 Å². The van der Waals surface area contributed by atoms with E-state index in [2.05, 4.69) is 5.32 Å². The number of benzene rings is 1. The fraction of sp³-hybridized carbons (Fsp3) is 0.429. The molecule has 2 rings (SSSR count). The fourth-order valence-corrected chi connectivity index (χ4v) is 2.07. The molecule has 1 saturated carbocycles. The molecule has 0 spiro atoms. The molecule has 1 aromatic carbocycles. The number of rotatable bonds is 5. The minimum atomic E-state index is -1.05. The van der Waals surface area contributed by atoms with Crippen LogP contribution in [0.1, 0.15) is 31.4 Å². The first kappa shape index (κ1) is 14.3. The molecule has 0 heterocycles. The number of carbonyl (C=O) groups is 2. The second-order valence-corrected chi connectivity index (χ2v) is 4.95. The number of urea groups is 1. The quantitative estimate of drug-likeness (QED) is 0.868. The van der Waals surface area contributed by atoms with Gasteiger partial charge >= 0.3 is 12.0 Å². The molecule has 1 unspecified atom stereocenters. The van der Waals surface area contributed by atoms with Gasteiger partial charge in [0.25, 0.3) is 0 Å². The predicted octanol–water partition coefficient (Wildman–Crippen LogP) is 2.15. The Bertz CT molecular complexity index is 517. The van der Waals surface area contributed by atoms with Gasteiger partial charge in [-0.05, 0) is 25.8 Å². The normalized spacial score (nSPS) is 15.5. The van der Waals surface area contributed by atoms with E-state index < -0.39 is 23.9 Å². The van der Waals surface area contributed by atoms with Crippen molar-refractivity contribution in [1.29, 1.82) is 0 Å². The van der Waals surface area contributed by atoms with Gasteiger partial charge in [0.05, 0.1) is 6.04 Å². The molecule has 1 aromatic rings. The lowest BCUT2D eigenvalue weighted by Crippen LogP contribution is -2.45. The van der Waals surface area contributed by atoms with Gasteiger partial charge in [0.15, 0.2) is 0 Å². The standard InChI is InChI=1S/C14H17FN2O3/c1-9(11-4-2-3-5-12(11)15)16-14(20)17(8-13(18)19)10-6-7-10/h2-5,9-10H,6-8H2,1H3,(H,16,20)(H,18,19). The number of halogens is 1. The predicted molar refractivity (Wildman–Crippen MR) is 70.7 cm³/mol. The van der Waals surface area contributed by atoms with Crippen LogP contribution in [-0.4, -0.2) is 34.6 Å². The Labute approximate surface area is 116 Å². The van der Waals surface area contributed by atoms with Gasteiger partial charge in [-0.15, -0.1) is 0 Å². The summed E-state index contributed by atoms with van der Waals surface area (Å²) in [5.74, 6) is -1.44. The molecule has 5 nitrogen and oxygen atoms in total. The molecule has 1 aliphatic carbocycles. The highest BCUT2D eigenvalue weighted by molar-refractivity contribution is 5.81. The summed E-state index contributed by atoms with van der Waals surface area (Å²) in [6.07, 6.45) is 1.63. The third-order valence-corrected chi connectivity index (χ3v) is 3.27. The van der Waals surface area contributed by atoms with Crippen LogP contribution >= 0.6 is 0 Å². The molecule has 2 amide bonds. The highest BCUT2D eigenvalue weighted by Crippen LogP contribution is 2.27. The summed E-state index contributed by atoms with van der Waals surface area (Å²) in [6.45, 7) is 1.34. The zero-order chi connectivity index (χ0) is 14.7. The molecule has 0 radical (unpaired) electrons. The van der Waals surface area contributed by atoms with Crippen molar-refractivity contribution < 1.29 is 19.1 Å². The van der Waals surface area contributed by atoms with Crippen molar-refractivity contribution in [2.45, 2.75) is 31.8 Å². The van der Waals surface area contributed by atoms with Crippen molar-refractivity contribution in [2.75, 3.05) is 6.54 Å². The third kappa shape index (κ3) is 3.46. The lowest BCUT2D eigenvalue weighted by molar-refractivity contribution is -0.137. The van der Waals surface area contributed by atoms with Crippen LogP contribution < -0.4 is 5.32 Å². The third-order valence-electron chi connectivity index (χ3n) is 3.27. The van der Waals surface area contributed by atoms with Gasteiger partial charge in [0.1, 0.15) is 12.4 Å². The maximum Gasteiger partial charge on any atom is 0.323 e. The van der Waals surface area contributed by atoms with Gasteiger partial charge < -0.3 is 15.3 Å². The number of carbonyl (C=O) groups excluding carboxylic acids is 1. The van der Waals surface area contributed by atoms with Crippen LogP contribution in [0.2, 0.25) is 0 Å². The maximum atomic E-state index is 13.6. The Kier molecular flexibility index (Phi) is 4.22. The summed E-state index contributed by atoms with van der Waals surface area (Å²) < 4.78 is 13.6. The molecule has 108 valence electrons. The van der Waals surface area contributed by atoms with E-state index in [-0.39, 0.29) is 12.6 Å². The van der Waals surface area contributed by atoms with Crippen molar-refractivity contribution >= 4 is 12.0 Å². The highest BCUT2D eigenvalue weighted by atomic mass is 19.1. The van der Waals surface area contributed by atoms with E-state index in [1.165, 1.54) is 11.0 Å². The Balaban J connectivity index is 2.02. The van der Waals surface area contributed by atoms with Crippen molar-refractivity contribution in [3.8, 4) is 0 Å². The summed E-state index contributed by atoms with van der Waals surface area (Å²) in [7, 11) is 0. The first-order chi connectivity index (χ1) is 9.49. The first-order valence-corrected chi connectivity index (χ1v) is 6.52. The average molecular weight is 280 g/mol. The van der Waals surface area contributed by atoms with Gasteiger partial charge in [-0.1, -0.05) is 18.2 Å². The van der Waals surface area contributed by atoms with Crippen LogP contribution in [0.5, 0.6) is 0 Å². The molecule has 0 aliphatic heterocycles. The van der Waals surface area contributed by atoms with Gasteiger partial charge in [0.2, 0.25) is 0 Å². The largest absolute Gasteiger partial charge is 0.480 e. The molecular formula is C14H17FN2O3. The lowest BCUT2D eigenvalue weighted by atomic mass is 10.1. The molecule has 1 fully saturated rings. The zero-order valence-electron chi connectivity index (χ0n) is 11.2. The lowest BCUT2D eigenvalue weighted by Gasteiger charge is -2.24. The average Bonchev–Trinajstić information content (AvgIpc) is 3.20. The summed E-state index contributed by atoms with van der Waals surface area (Å²) >= 11 is 0. The number of carboxylic acids is 1. The zero-order valence-corrected chi connectivity index (χ0v) is 11.2. The van der Waals surface area contributed by atoms with Gasteiger partial charge in [-0.25, -0.2) is 9.18 Å². The number of hydrogen-bond donors (Lipinski definition) is 2. The minimum absolute atomic E-state index is 0.0149. The van der Waals surface area contributed by atoms with E-state index in [4.69, 9.17) is 5.11 Å². The molecule has 0 saturated heterocycles. The topological polar surface area (TPSA) is 69.6 Å². The second kappa shape index (κ2) is 5.90. The molecule has 0 aromatic heterocycles. The van der Waals surface area contributed by atoms with Crippen LogP contribution in [0.3, 0.4) is 0 Å². The van der Waals surface area contributed by atoms with E-state index in [9.17, 15) is 14.0 Å². The van der Waals surface area contributed by atoms with E-state index >= 15 is 0 Å². The Hall–Kier alpha value is -2.11. The molecule has 1 atom stereocenters. The van der Waals surface area contributed by atoms with Crippen LogP contribution in [0.4, 0.5) is 9.18 Å². The number of aliphatic carboxylic acids is 1. The van der Waals surface area contributed by atoms with E-state index in [1.807, 2.05) is 0 Å². The molecule has 20 heavy (non-hydrogen) atoms. The second-order valence-electron chi connectivity index (χ2n) is 4.95. The smallest absolute Gasteiger partial charge is 0.323 e. The number of carboxylic acid groups (broad SMARTS) is 1. The molecule has 0 bridgehead atoms. The number of hydrogen-bond acceptors (Lipinski definition) is 2. The Morgan fingerprint density at radius 1 is 1.45 bits per heavy atom. The van der Waals surface area contributed by atoms with Crippen molar-refractivity contribution in [1.82, 2.24) is 10.2 Å². The van der Waals surface area contributed by atoms with Gasteiger partial charge in [-0.3, -0.25) is 4.79 Å². The Morgan fingerprint density at radius 3 is 2.65 bits per heavy atom. The minimum Gasteiger partial charge on any atom is -0.480 e. The van der Waals surface area contributed by atoms with Gasteiger partial charge in [-0.2, -0.15) is 0 Å². The van der Waals surface area contributed by atoms with Crippen molar-refractivity contribution in [2.24, 2.45) is 0 Å². The molecule has 6 heteroatoms. The number of nitrogens with one attached hydrogen (secondary N) is 1. The van der Waals surface area contributed by atoms with Crippen molar-refractivity contribution in [3.63, 3.8) is 0 Å². The number of nitrogens with zero attached hydrogens (tertiary/aromatic N) is 1. The summed E-state index contributed by atoms with van der Waals surface area (Å²) in [6, 6.07) is 5.20. The summed E-state index contributed by atoms with van der Waals surface area (Å²) in [4.78, 5) is 24.2. The Morgan fingerprint density at radius 2 is 2.10 bits per heavy atom. The van der Waals surface area contributed by atoms with E-state index in [1.54, 1.807) is 25.1 Å². The van der Waals surface area contributed by atoms with E-state index in [0.717, 1.165) is 12.8 Å². The maximum absolute atomic E-state index is 13.6. The number of amides is 2. The fourth-order valence-electron chi connectivity index (χ4n) is 2.07. The summed E-state index contributed by atoms with van der Waals surface area (Å²) in [5.41, 5.74) is 0.381. The summed E-state index contributed by atoms with van der Waals surface area (Å²) in [5, 5.41) is 11.5. The van der Waals surface area contributed by atoms with E-state index in [0.29, 0.717) is 5.56 Å². The van der Waals surface area contributed by atoms with Crippen LogP contribution in [0.15, 0.2) is 24.3 Å². The SMILES string of the molecule is CC(NC(=O)N(CC(=O)O)C1CC1)c1ccccc1F. The highest BCUT2D eigenvalue weighted by Gasteiger charge is 2.34. The first-order valence-electron chi connectivity index (χ1n) is 6.52. The van der Waals surface area contributed by atoms with Crippen LogP contribution in [0, 0.1) is 5.82 Å². The van der Waals surface area contributed by atoms with Crippen LogP contribution in [-0.2, 0) is 4.79 Å². The monoisotopic (exact) mass is 280 g/mol.